The largest absolute Gasteiger partial charge is 0.248 e. The molecule has 0 bridgehead atoms. The predicted molar refractivity (Wildman–Crippen MR) is 83.9 cm³/mol. The highest BCUT2D eigenvalue weighted by Crippen LogP contribution is 2.16. The first kappa shape index (κ1) is 14.7. The molecule has 3 aromatic rings. The lowest BCUT2D eigenvalue weighted by atomic mass is 10.1. The first-order valence-electron chi connectivity index (χ1n) is 7.03. The van der Waals surface area contributed by atoms with Crippen molar-refractivity contribution in [2.24, 2.45) is 0 Å². The van der Waals surface area contributed by atoms with Crippen LogP contribution in [0.5, 0.6) is 0 Å². The van der Waals surface area contributed by atoms with E-state index in [-0.39, 0.29) is 0 Å². The van der Waals surface area contributed by atoms with Crippen LogP contribution in [0.1, 0.15) is 28.5 Å². The Kier molecular flexibility index (Phi) is 3.94. The summed E-state index contributed by atoms with van der Waals surface area (Å²) in [5, 5.41) is 13.5. The van der Waals surface area contributed by atoms with Crippen molar-refractivity contribution < 1.29 is 0 Å². The highest BCUT2D eigenvalue weighted by atomic mass is 35.5. The van der Waals surface area contributed by atoms with Gasteiger partial charge >= 0.3 is 0 Å². The quantitative estimate of drug-likeness (QED) is 0.742. The Morgan fingerprint density at radius 1 is 1.14 bits per heavy atom. The summed E-state index contributed by atoms with van der Waals surface area (Å²) in [6.07, 6.45) is 1.93. The summed E-state index contributed by atoms with van der Waals surface area (Å²) in [5.74, 6) is 1.64. The average Bonchev–Trinajstić information content (AvgIpc) is 3.01. The first-order valence-corrected chi connectivity index (χ1v) is 7.41. The summed E-state index contributed by atoms with van der Waals surface area (Å²) in [6, 6.07) is 5.97. The lowest BCUT2D eigenvalue weighted by Crippen LogP contribution is -2.04. The zero-order valence-corrected chi connectivity index (χ0v) is 13.5. The minimum Gasteiger partial charge on any atom is -0.248 e. The molecule has 0 spiro atoms. The molecule has 0 saturated heterocycles. The van der Waals surface area contributed by atoms with Gasteiger partial charge in [0.25, 0.3) is 0 Å². The average molecular weight is 317 g/mol. The third-order valence-corrected chi connectivity index (χ3v) is 3.85. The Labute approximate surface area is 133 Å². The van der Waals surface area contributed by atoms with Gasteiger partial charge in [0.2, 0.25) is 0 Å². The number of hydrogen-bond donors (Lipinski definition) is 0. The Bertz CT molecular complexity index is 804. The topological polar surface area (TPSA) is 61.4 Å². The molecule has 2 heterocycles. The standard InChI is InChI=1S/C15H17ClN6/c1-10-6-13(4-5-15(10)16)7-21-8-14(18-20-21)9-22-12(3)17-11(2)19-22/h4-6,8H,7,9H2,1-3H3. The van der Waals surface area contributed by atoms with Crippen molar-refractivity contribution in [2.45, 2.75) is 33.9 Å². The maximum atomic E-state index is 6.04. The monoisotopic (exact) mass is 316 g/mol. The van der Waals surface area contributed by atoms with Crippen LogP contribution in [0.4, 0.5) is 0 Å². The van der Waals surface area contributed by atoms with Gasteiger partial charge in [0.1, 0.15) is 17.3 Å². The number of benzene rings is 1. The third kappa shape index (κ3) is 3.17. The number of aromatic nitrogens is 6. The number of nitrogens with zero attached hydrogens (tertiary/aromatic N) is 6. The molecule has 0 saturated carbocycles. The maximum absolute atomic E-state index is 6.04. The van der Waals surface area contributed by atoms with Crippen LogP contribution < -0.4 is 0 Å². The fourth-order valence-electron chi connectivity index (χ4n) is 2.34. The van der Waals surface area contributed by atoms with Gasteiger partial charge in [-0.1, -0.05) is 28.9 Å². The Morgan fingerprint density at radius 3 is 2.64 bits per heavy atom. The highest BCUT2D eigenvalue weighted by molar-refractivity contribution is 6.31. The zero-order chi connectivity index (χ0) is 15.7. The van der Waals surface area contributed by atoms with E-state index in [1.54, 1.807) is 0 Å². The van der Waals surface area contributed by atoms with Crippen LogP contribution in [0.25, 0.3) is 0 Å². The van der Waals surface area contributed by atoms with Gasteiger partial charge in [0, 0.05) is 5.02 Å². The fraction of sp³-hybridized carbons (Fsp3) is 0.333. The summed E-state index contributed by atoms with van der Waals surface area (Å²) in [7, 11) is 0. The molecular formula is C15H17ClN6. The van der Waals surface area contributed by atoms with Gasteiger partial charge in [0.05, 0.1) is 19.3 Å². The van der Waals surface area contributed by atoms with Crippen LogP contribution in [0.3, 0.4) is 0 Å². The minimum absolute atomic E-state index is 0.576. The van der Waals surface area contributed by atoms with Crippen LogP contribution in [-0.2, 0) is 13.1 Å². The second-order valence-corrected chi connectivity index (χ2v) is 5.76. The molecule has 0 aliphatic rings. The molecular weight excluding hydrogens is 300 g/mol. The van der Waals surface area contributed by atoms with E-state index in [1.807, 2.05) is 48.5 Å². The molecule has 0 aliphatic heterocycles. The number of aryl methyl sites for hydroxylation is 3. The molecule has 22 heavy (non-hydrogen) atoms. The molecule has 0 radical (unpaired) electrons. The van der Waals surface area contributed by atoms with E-state index in [4.69, 9.17) is 11.6 Å². The van der Waals surface area contributed by atoms with Crippen molar-refractivity contribution in [3.05, 3.63) is 57.9 Å². The highest BCUT2D eigenvalue weighted by Gasteiger charge is 2.07. The fourth-order valence-corrected chi connectivity index (χ4v) is 2.46. The smallest absolute Gasteiger partial charge is 0.147 e. The van der Waals surface area contributed by atoms with E-state index in [2.05, 4.69) is 26.5 Å². The molecule has 114 valence electrons. The van der Waals surface area contributed by atoms with E-state index in [1.165, 1.54) is 0 Å². The molecule has 3 rings (SSSR count). The summed E-state index contributed by atoms with van der Waals surface area (Å²) in [5.41, 5.74) is 3.07. The van der Waals surface area contributed by atoms with Crippen LogP contribution in [0.15, 0.2) is 24.4 Å². The van der Waals surface area contributed by atoms with Gasteiger partial charge in [-0.3, -0.25) is 0 Å². The van der Waals surface area contributed by atoms with Crippen molar-refractivity contribution in [1.29, 1.82) is 0 Å². The van der Waals surface area contributed by atoms with Gasteiger partial charge in [0.15, 0.2) is 0 Å². The van der Waals surface area contributed by atoms with E-state index < -0.39 is 0 Å². The van der Waals surface area contributed by atoms with Gasteiger partial charge < -0.3 is 0 Å². The molecule has 0 atom stereocenters. The van der Waals surface area contributed by atoms with Gasteiger partial charge in [-0.2, -0.15) is 5.10 Å². The van der Waals surface area contributed by atoms with Crippen LogP contribution in [0, 0.1) is 20.8 Å². The summed E-state index contributed by atoms with van der Waals surface area (Å²) >= 11 is 6.04. The summed E-state index contributed by atoms with van der Waals surface area (Å²) in [6.45, 7) is 7.05. The van der Waals surface area contributed by atoms with Gasteiger partial charge in [-0.15, -0.1) is 5.10 Å². The molecule has 0 N–H and O–H groups in total. The van der Waals surface area contributed by atoms with Gasteiger partial charge in [-0.25, -0.2) is 14.3 Å². The lowest BCUT2D eigenvalue weighted by molar-refractivity contribution is 0.636. The predicted octanol–water partition coefficient (Wildman–Crippen LogP) is 2.54. The second kappa shape index (κ2) is 5.88. The van der Waals surface area contributed by atoms with Crippen molar-refractivity contribution in [2.75, 3.05) is 0 Å². The molecule has 6 nitrogen and oxygen atoms in total. The normalized spacial score (nSPS) is 11.1. The molecule has 7 heteroatoms. The summed E-state index contributed by atoms with van der Waals surface area (Å²) in [4.78, 5) is 4.28. The Balaban J connectivity index is 1.73. The third-order valence-electron chi connectivity index (χ3n) is 3.43. The molecule has 0 aliphatic carbocycles. The van der Waals surface area contributed by atoms with Crippen molar-refractivity contribution >= 4 is 11.6 Å². The van der Waals surface area contributed by atoms with Crippen LogP contribution in [-0.4, -0.2) is 29.8 Å². The SMILES string of the molecule is Cc1nc(C)n(Cc2cn(Cc3ccc(Cl)c(C)c3)nn2)n1. The number of hydrogen-bond acceptors (Lipinski definition) is 4. The minimum atomic E-state index is 0.576. The lowest BCUT2D eigenvalue weighted by Gasteiger charge is -2.03. The maximum Gasteiger partial charge on any atom is 0.147 e. The molecule has 0 unspecified atom stereocenters. The van der Waals surface area contributed by atoms with Crippen molar-refractivity contribution in [1.82, 2.24) is 29.8 Å². The number of halogens is 1. The first-order chi connectivity index (χ1) is 10.5. The van der Waals surface area contributed by atoms with Crippen molar-refractivity contribution in [3.63, 3.8) is 0 Å². The van der Waals surface area contributed by atoms with Gasteiger partial charge in [-0.05, 0) is 38.0 Å². The van der Waals surface area contributed by atoms with E-state index in [0.29, 0.717) is 13.1 Å². The van der Waals surface area contributed by atoms with E-state index in [0.717, 1.165) is 33.5 Å². The summed E-state index contributed by atoms with van der Waals surface area (Å²) < 4.78 is 3.65. The Hall–Kier alpha value is -2.21. The molecule has 0 amide bonds. The molecule has 2 aromatic heterocycles. The number of rotatable bonds is 4. The molecule has 0 fully saturated rings. The zero-order valence-electron chi connectivity index (χ0n) is 12.8. The van der Waals surface area contributed by atoms with Crippen LogP contribution in [0.2, 0.25) is 5.02 Å². The second-order valence-electron chi connectivity index (χ2n) is 5.35. The van der Waals surface area contributed by atoms with Crippen LogP contribution >= 0.6 is 11.6 Å². The van der Waals surface area contributed by atoms with E-state index in [9.17, 15) is 0 Å². The Morgan fingerprint density at radius 2 is 1.95 bits per heavy atom. The molecule has 1 aromatic carbocycles. The van der Waals surface area contributed by atoms with Crippen molar-refractivity contribution in [3.8, 4) is 0 Å². The van der Waals surface area contributed by atoms with E-state index >= 15 is 0 Å².